The molecule has 2 aromatic carbocycles. The zero-order chi connectivity index (χ0) is 14.9. The van der Waals surface area contributed by atoms with Gasteiger partial charge in [0.2, 0.25) is 0 Å². The first-order valence-corrected chi connectivity index (χ1v) is 6.85. The third-order valence-corrected chi connectivity index (χ3v) is 2.97. The third-order valence-electron chi connectivity index (χ3n) is 2.97. The molecule has 110 valence electrons. The molecule has 0 saturated carbocycles. The van der Waals surface area contributed by atoms with E-state index in [2.05, 4.69) is 0 Å². The summed E-state index contributed by atoms with van der Waals surface area (Å²) in [6, 6.07) is 18.8. The molecule has 0 atom stereocenters. The molecule has 0 bridgehead atoms. The quantitative estimate of drug-likeness (QED) is 0.785. The molecule has 0 aliphatic carbocycles. The maximum absolute atomic E-state index is 11.9. The fourth-order valence-electron chi connectivity index (χ4n) is 1.71. The van der Waals surface area contributed by atoms with E-state index in [0.717, 1.165) is 5.75 Å². The molecule has 0 aliphatic heterocycles. The van der Waals surface area contributed by atoms with Gasteiger partial charge in [0.25, 0.3) is 5.91 Å². The second-order valence-electron chi connectivity index (χ2n) is 4.58. The first-order valence-electron chi connectivity index (χ1n) is 6.85. The topological polar surface area (TPSA) is 38.8 Å². The highest BCUT2D eigenvalue weighted by Gasteiger charge is 2.09. The molecule has 0 fully saturated rings. The van der Waals surface area contributed by atoms with Crippen LogP contribution >= 0.6 is 0 Å². The molecule has 0 saturated heterocycles. The summed E-state index contributed by atoms with van der Waals surface area (Å²) in [5.41, 5.74) is 0. The van der Waals surface area contributed by atoms with Crippen LogP contribution in [0.4, 0.5) is 0 Å². The molecule has 0 aromatic heterocycles. The number of para-hydroxylation sites is 2. The predicted octanol–water partition coefficient (Wildman–Crippen LogP) is 2.60. The molecule has 0 spiro atoms. The van der Waals surface area contributed by atoms with Gasteiger partial charge in [-0.1, -0.05) is 36.4 Å². The number of ether oxygens (including phenoxy) is 2. The SMILES string of the molecule is CN(CCOc1ccccc1)C(=O)COc1ccccc1. The lowest BCUT2D eigenvalue weighted by Crippen LogP contribution is -2.34. The van der Waals surface area contributed by atoms with Crippen molar-refractivity contribution in [2.45, 2.75) is 0 Å². The monoisotopic (exact) mass is 285 g/mol. The highest BCUT2D eigenvalue weighted by Crippen LogP contribution is 2.09. The summed E-state index contributed by atoms with van der Waals surface area (Å²) in [6.45, 7) is 1.01. The lowest BCUT2D eigenvalue weighted by Gasteiger charge is -2.17. The number of amides is 1. The Kier molecular flexibility index (Phi) is 5.64. The van der Waals surface area contributed by atoms with Crippen molar-refractivity contribution >= 4 is 5.91 Å². The molecule has 0 unspecified atom stereocenters. The first kappa shape index (κ1) is 14.9. The van der Waals surface area contributed by atoms with Crippen LogP contribution in [-0.4, -0.2) is 37.6 Å². The van der Waals surface area contributed by atoms with Crippen LogP contribution in [0.3, 0.4) is 0 Å². The van der Waals surface area contributed by atoms with Crippen LogP contribution in [0.5, 0.6) is 11.5 Å². The zero-order valence-corrected chi connectivity index (χ0v) is 12.1. The molecule has 2 rings (SSSR count). The van der Waals surface area contributed by atoms with Crippen LogP contribution in [-0.2, 0) is 4.79 Å². The number of rotatable bonds is 7. The zero-order valence-electron chi connectivity index (χ0n) is 12.1. The van der Waals surface area contributed by atoms with Crippen LogP contribution in [0.15, 0.2) is 60.7 Å². The molecule has 1 amide bonds. The summed E-state index contributed by atoms with van der Waals surface area (Å²) >= 11 is 0. The van der Waals surface area contributed by atoms with E-state index < -0.39 is 0 Å². The van der Waals surface area contributed by atoms with Crippen molar-refractivity contribution in [1.82, 2.24) is 4.90 Å². The van der Waals surface area contributed by atoms with E-state index in [1.54, 1.807) is 11.9 Å². The van der Waals surface area contributed by atoms with Crippen molar-refractivity contribution in [3.8, 4) is 11.5 Å². The van der Waals surface area contributed by atoms with E-state index >= 15 is 0 Å². The van der Waals surface area contributed by atoms with E-state index in [-0.39, 0.29) is 12.5 Å². The van der Waals surface area contributed by atoms with E-state index in [1.807, 2.05) is 60.7 Å². The van der Waals surface area contributed by atoms with Crippen LogP contribution in [0, 0.1) is 0 Å². The average molecular weight is 285 g/mol. The predicted molar refractivity (Wildman–Crippen MR) is 81.5 cm³/mol. The van der Waals surface area contributed by atoms with E-state index in [0.29, 0.717) is 18.9 Å². The fraction of sp³-hybridized carbons (Fsp3) is 0.235. The highest BCUT2D eigenvalue weighted by atomic mass is 16.5. The molecule has 0 heterocycles. The minimum atomic E-state index is -0.0736. The Hall–Kier alpha value is -2.49. The summed E-state index contributed by atoms with van der Waals surface area (Å²) in [5.74, 6) is 1.43. The van der Waals surface area contributed by atoms with Crippen molar-refractivity contribution in [1.29, 1.82) is 0 Å². The second-order valence-corrected chi connectivity index (χ2v) is 4.58. The molecule has 4 heteroatoms. The van der Waals surface area contributed by atoms with Crippen molar-refractivity contribution in [2.24, 2.45) is 0 Å². The highest BCUT2D eigenvalue weighted by molar-refractivity contribution is 5.77. The molecule has 0 aliphatic rings. The minimum Gasteiger partial charge on any atom is -0.492 e. The van der Waals surface area contributed by atoms with Crippen molar-refractivity contribution in [3.05, 3.63) is 60.7 Å². The van der Waals surface area contributed by atoms with Crippen molar-refractivity contribution < 1.29 is 14.3 Å². The summed E-state index contributed by atoms with van der Waals surface area (Å²) in [5, 5.41) is 0. The molecule has 2 aromatic rings. The Morgan fingerprint density at radius 3 is 2.00 bits per heavy atom. The van der Waals surface area contributed by atoms with Gasteiger partial charge in [0.1, 0.15) is 18.1 Å². The van der Waals surface area contributed by atoms with E-state index in [4.69, 9.17) is 9.47 Å². The smallest absolute Gasteiger partial charge is 0.260 e. The van der Waals surface area contributed by atoms with E-state index in [1.165, 1.54) is 0 Å². The first-order chi connectivity index (χ1) is 10.3. The van der Waals surface area contributed by atoms with Gasteiger partial charge in [0.05, 0.1) is 6.54 Å². The van der Waals surface area contributed by atoms with Gasteiger partial charge in [0, 0.05) is 7.05 Å². The van der Waals surface area contributed by atoms with E-state index in [9.17, 15) is 4.79 Å². The van der Waals surface area contributed by atoms with Crippen LogP contribution < -0.4 is 9.47 Å². The van der Waals surface area contributed by atoms with Gasteiger partial charge < -0.3 is 14.4 Å². The minimum absolute atomic E-state index is 0.0336. The lowest BCUT2D eigenvalue weighted by molar-refractivity contribution is -0.132. The van der Waals surface area contributed by atoms with Gasteiger partial charge in [-0.25, -0.2) is 0 Å². The number of carbonyl (C=O) groups excluding carboxylic acids is 1. The number of likely N-dealkylation sites (N-methyl/N-ethyl adjacent to an activating group) is 1. The fourth-order valence-corrected chi connectivity index (χ4v) is 1.71. The normalized spacial score (nSPS) is 9.95. The third kappa shape index (κ3) is 5.18. The van der Waals surface area contributed by atoms with Gasteiger partial charge >= 0.3 is 0 Å². The Labute approximate surface area is 124 Å². The number of carbonyl (C=O) groups is 1. The molecular weight excluding hydrogens is 266 g/mol. The van der Waals surface area contributed by atoms with Crippen molar-refractivity contribution in [2.75, 3.05) is 26.8 Å². The molecular formula is C17H19NO3. The van der Waals surface area contributed by atoms with Crippen LogP contribution in [0.2, 0.25) is 0 Å². The Morgan fingerprint density at radius 1 is 0.905 bits per heavy atom. The Morgan fingerprint density at radius 2 is 1.43 bits per heavy atom. The lowest BCUT2D eigenvalue weighted by atomic mass is 10.3. The van der Waals surface area contributed by atoms with Gasteiger partial charge in [0.15, 0.2) is 6.61 Å². The number of benzene rings is 2. The maximum atomic E-state index is 11.9. The second kappa shape index (κ2) is 7.94. The molecule has 4 nitrogen and oxygen atoms in total. The van der Waals surface area contributed by atoms with Gasteiger partial charge in [-0.2, -0.15) is 0 Å². The average Bonchev–Trinajstić information content (AvgIpc) is 2.54. The van der Waals surface area contributed by atoms with Crippen LogP contribution in [0.1, 0.15) is 0 Å². The largest absolute Gasteiger partial charge is 0.492 e. The van der Waals surface area contributed by atoms with Gasteiger partial charge in [-0.3, -0.25) is 4.79 Å². The number of hydrogen-bond donors (Lipinski definition) is 0. The number of nitrogens with zero attached hydrogens (tertiary/aromatic N) is 1. The summed E-state index contributed by atoms with van der Waals surface area (Å²) in [6.07, 6.45) is 0. The summed E-state index contributed by atoms with van der Waals surface area (Å²) in [7, 11) is 1.74. The standard InChI is InChI=1S/C17H19NO3/c1-18(12-13-20-15-8-4-2-5-9-15)17(19)14-21-16-10-6-3-7-11-16/h2-11H,12-14H2,1H3. The van der Waals surface area contributed by atoms with Gasteiger partial charge in [-0.15, -0.1) is 0 Å². The summed E-state index contributed by atoms with van der Waals surface area (Å²) < 4.78 is 11.0. The summed E-state index contributed by atoms with van der Waals surface area (Å²) in [4.78, 5) is 13.5. The molecule has 21 heavy (non-hydrogen) atoms. The molecule has 0 N–H and O–H groups in total. The number of hydrogen-bond acceptors (Lipinski definition) is 3. The Balaban J connectivity index is 1.68. The van der Waals surface area contributed by atoms with Gasteiger partial charge in [-0.05, 0) is 24.3 Å². The molecule has 0 radical (unpaired) electrons. The maximum Gasteiger partial charge on any atom is 0.260 e. The van der Waals surface area contributed by atoms with Crippen LogP contribution in [0.25, 0.3) is 0 Å². The van der Waals surface area contributed by atoms with Crippen molar-refractivity contribution in [3.63, 3.8) is 0 Å². The Bertz CT molecular complexity index is 542.